The van der Waals surface area contributed by atoms with Gasteiger partial charge in [-0.2, -0.15) is 0 Å². The van der Waals surface area contributed by atoms with Crippen molar-refractivity contribution in [2.45, 2.75) is 35.3 Å². The van der Waals surface area contributed by atoms with Crippen molar-refractivity contribution >= 4 is 27.2 Å². The summed E-state index contributed by atoms with van der Waals surface area (Å²) in [5, 5.41) is -1.68. The smallest absolute Gasteiger partial charge is 0.183 e. The van der Waals surface area contributed by atoms with Gasteiger partial charge in [0.2, 0.25) is 0 Å². The molecule has 2 atom stereocenters. The molecule has 1 aromatic carbocycles. The quantitative estimate of drug-likeness (QED) is 0.775. The minimum Gasteiger partial charge on any atom is -0.298 e. The zero-order valence-electron chi connectivity index (χ0n) is 9.39. The van der Waals surface area contributed by atoms with Crippen molar-refractivity contribution in [1.82, 2.24) is 0 Å². The van der Waals surface area contributed by atoms with Gasteiger partial charge in [-0.05, 0) is 25.5 Å². The maximum absolute atomic E-state index is 12.3. The summed E-state index contributed by atoms with van der Waals surface area (Å²) in [7, 11) is -3.49. The van der Waals surface area contributed by atoms with Gasteiger partial charge in [0.05, 0.1) is 10.1 Å². The molecule has 1 aliphatic carbocycles. The Balaban J connectivity index is 2.37. The summed E-state index contributed by atoms with van der Waals surface area (Å²) >= 11 is 5.87. The van der Waals surface area contributed by atoms with E-state index in [0.29, 0.717) is 6.42 Å². The molecule has 0 saturated heterocycles. The van der Waals surface area contributed by atoms with Gasteiger partial charge in [-0.25, -0.2) is 8.42 Å². The van der Waals surface area contributed by atoms with Crippen molar-refractivity contribution in [2.24, 2.45) is 0 Å². The van der Waals surface area contributed by atoms with E-state index in [9.17, 15) is 13.2 Å². The molecule has 0 radical (unpaired) electrons. The molecule has 0 bridgehead atoms. The molecule has 1 saturated carbocycles. The lowest BCUT2D eigenvalue weighted by Gasteiger charge is -2.13. The van der Waals surface area contributed by atoms with E-state index in [-0.39, 0.29) is 17.1 Å². The summed E-state index contributed by atoms with van der Waals surface area (Å²) in [6.07, 6.45) is 0.577. The predicted octanol–water partition coefficient (Wildman–Crippen LogP) is 2.11. The molecule has 0 aliphatic heterocycles. The van der Waals surface area contributed by atoms with Gasteiger partial charge in [0.15, 0.2) is 15.6 Å². The third-order valence-electron chi connectivity index (χ3n) is 3.06. The zero-order chi connectivity index (χ0) is 12.6. The van der Waals surface area contributed by atoms with Crippen LogP contribution in [0.3, 0.4) is 0 Å². The number of carbonyl (C=O) groups excluding carboxylic acids is 1. The van der Waals surface area contributed by atoms with Crippen LogP contribution >= 0.6 is 11.6 Å². The monoisotopic (exact) mass is 272 g/mol. The highest BCUT2D eigenvalue weighted by Crippen LogP contribution is 2.31. The molecule has 0 aromatic heterocycles. The molecule has 0 amide bonds. The van der Waals surface area contributed by atoms with Crippen LogP contribution in [-0.4, -0.2) is 24.8 Å². The number of rotatable bonds is 2. The average molecular weight is 273 g/mol. The Hall–Kier alpha value is -0.870. The summed E-state index contributed by atoms with van der Waals surface area (Å²) in [5.41, 5.74) is 0.994. The third-order valence-corrected chi connectivity index (χ3v) is 5.99. The number of aryl methyl sites for hydroxylation is 1. The molecule has 1 aromatic rings. The van der Waals surface area contributed by atoms with Crippen LogP contribution in [-0.2, 0) is 14.6 Å². The van der Waals surface area contributed by atoms with Gasteiger partial charge in [0, 0.05) is 6.42 Å². The van der Waals surface area contributed by atoms with Gasteiger partial charge in [0.25, 0.3) is 0 Å². The Morgan fingerprint density at radius 2 is 1.82 bits per heavy atom. The van der Waals surface area contributed by atoms with E-state index in [1.54, 1.807) is 24.3 Å². The fourth-order valence-electron chi connectivity index (χ4n) is 1.99. The van der Waals surface area contributed by atoms with Gasteiger partial charge in [0.1, 0.15) is 5.38 Å². The lowest BCUT2D eigenvalue weighted by Crippen LogP contribution is -2.28. The second-order valence-corrected chi connectivity index (χ2v) is 6.94. The summed E-state index contributed by atoms with van der Waals surface area (Å²) in [4.78, 5) is 11.6. The maximum Gasteiger partial charge on any atom is 0.183 e. The van der Waals surface area contributed by atoms with Crippen LogP contribution in [0.2, 0.25) is 0 Å². The van der Waals surface area contributed by atoms with Crippen LogP contribution in [0.4, 0.5) is 0 Å². The topological polar surface area (TPSA) is 51.2 Å². The molecule has 92 valence electrons. The fourth-order valence-corrected chi connectivity index (χ4v) is 4.39. The van der Waals surface area contributed by atoms with Gasteiger partial charge in [-0.15, -0.1) is 11.6 Å². The van der Waals surface area contributed by atoms with Gasteiger partial charge >= 0.3 is 0 Å². The lowest BCUT2D eigenvalue weighted by atomic mass is 10.2. The second-order valence-electron chi connectivity index (χ2n) is 4.30. The maximum atomic E-state index is 12.3. The first-order valence-electron chi connectivity index (χ1n) is 5.40. The van der Waals surface area contributed by atoms with E-state index < -0.39 is 20.5 Å². The molecule has 0 N–H and O–H groups in total. The van der Waals surface area contributed by atoms with Crippen LogP contribution in [0.5, 0.6) is 0 Å². The van der Waals surface area contributed by atoms with Crippen molar-refractivity contribution in [2.75, 3.05) is 0 Å². The number of Topliss-reactive ketones (excluding diaryl/α,β-unsaturated/α-hetero) is 1. The molecule has 3 nitrogen and oxygen atoms in total. The van der Waals surface area contributed by atoms with E-state index in [4.69, 9.17) is 11.6 Å². The van der Waals surface area contributed by atoms with Crippen LogP contribution in [0.1, 0.15) is 18.4 Å². The summed E-state index contributed by atoms with van der Waals surface area (Å²) in [6.45, 7) is 1.89. The molecule has 2 rings (SSSR count). The Morgan fingerprint density at radius 3 is 2.29 bits per heavy atom. The first-order valence-corrected chi connectivity index (χ1v) is 7.38. The van der Waals surface area contributed by atoms with E-state index in [2.05, 4.69) is 0 Å². The SMILES string of the molecule is Cc1ccc(S(=O)(=O)C2CCC(=O)C2Cl)cc1. The van der Waals surface area contributed by atoms with Crippen molar-refractivity contribution < 1.29 is 13.2 Å². The Kier molecular flexibility index (Phi) is 3.27. The third kappa shape index (κ3) is 2.24. The second kappa shape index (κ2) is 4.42. The Labute approximate surface area is 106 Å². The fraction of sp³-hybridized carbons (Fsp3) is 0.417. The average Bonchev–Trinajstić information content (AvgIpc) is 2.61. The van der Waals surface area contributed by atoms with E-state index in [0.717, 1.165) is 5.56 Å². The standard InChI is InChI=1S/C12H13ClO3S/c1-8-2-4-9(5-3-8)17(15,16)11-7-6-10(14)12(11)13/h2-5,11-12H,6-7H2,1H3. The largest absolute Gasteiger partial charge is 0.298 e. The molecular weight excluding hydrogens is 260 g/mol. The molecular formula is C12H13ClO3S. The van der Waals surface area contributed by atoms with Crippen LogP contribution in [0, 0.1) is 6.92 Å². The minimum atomic E-state index is -3.49. The summed E-state index contributed by atoms with van der Waals surface area (Å²) in [5.74, 6) is -0.174. The molecule has 2 unspecified atom stereocenters. The van der Waals surface area contributed by atoms with Crippen molar-refractivity contribution in [1.29, 1.82) is 0 Å². The number of hydrogen-bond donors (Lipinski definition) is 0. The van der Waals surface area contributed by atoms with Gasteiger partial charge in [-0.3, -0.25) is 4.79 Å². The predicted molar refractivity (Wildman–Crippen MR) is 66.0 cm³/mol. The number of ketones is 1. The van der Waals surface area contributed by atoms with Crippen molar-refractivity contribution in [3.63, 3.8) is 0 Å². The zero-order valence-corrected chi connectivity index (χ0v) is 11.0. The van der Waals surface area contributed by atoms with Crippen LogP contribution in [0.25, 0.3) is 0 Å². The van der Waals surface area contributed by atoms with E-state index in [1.807, 2.05) is 6.92 Å². The minimum absolute atomic E-state index is 0.174. The lowest BCUT2D eigenvalue weighted by molar-refractivity contribution is -0.117. The summed E-state index contributed by atoms with van der Waals surface area (Å²) in [6, 6.07) is 6.62. The van der Waals surface area contributed by atoms with Crippen LogP contribution < -0.4 is 0 Å². The molecule has 1 fully saturated rings. The number of benzene rings is 1. The first-order chi connectivity index (χ1) is 7.93. The molecule has 1 aliphatic rings. The molecule has 17 heavy (non-hydrogen) atoms. The number of halogens is 1. The normalized spacial score (nSPS) is 25.2. The van der Waals surface area contributed by atoms with Crippen molar-refractivity contribution in [3.05, 3.63) is 29.8 Å². The molecule has 0 spiro atoms. The van der Waals surface area contributed by atoms with Crippen LogP contribution in [0.15, 0.2) is 29.2 Å². The number of carbonyl (C=O) groups is 1. The van der Waals surface area contributed by atoms with E-state index >= 15 is 0 Å². The highest BCUT2D eigenvalue weighted by Gasteiger charge is 2.42. The number of sulfone groups is 1. The highest BCUT2D eigenvalue weighted by atomic mass is 35.5. The summed E-state index contributed by atoms with van der Waals surface area (Å²) < 4.78 is 24.5. The number of alkyl halides is 1. The van der Waals surface area contributed by atoms with Crippen molar-refractivity contribution in [3.8, 4) is 0 Å². The van der Waals surface area contributed by atoms with Gasteiger partial charge in [-0.1, -0.05) is 17.7 Å². The van der Waals surface area contributed by atoms with Gasteiger partial charge < -0.3 is 0 Å². The first kappa shape index (κ1) is 12.6. The Bertz CT molecular complexity index is 533. The number of hydrogen-bond acceptors (Lipinski definition) is 3. The molecule has 5 heteroatoms. The van der Waals surface area contributed by atoms with E-state index in [1.165, 1.54) is 0 Å². The Morgan fingerprint density at radius 1 is 1.24 bits per heavy atom. The highest BCUT2D eigenvalue weighted by molar-refractivity contribution is 7.92. The molecule has 0 heterocycles.